The van der Waals surface area contributed by atoms with E-state index in [1.54, 1.807) is 5.38 Å². The van der Waals surface area contributed by atoms with Crippen LogP contribution in [-0.4, -0.2) is 25.7 Å². The summed E-state index contributed by atoms with van der Waals surface area (Å²) in [4.78, 5) is 20.4. The number of nitrogens with two attached hydrogens (primary N) is 1. The van der Waals surface area contributed by atoms with Crippen molar-refractivity contribution >= 4 is 29.0 Å². The van der Waals surface area contributed by atoms with Crippen molar-refractivity contribution < 1.29 is 31.1 Å². The van der Waals surface area contributed by atoms with Gasteiger partial charge in [0.05, 0.1) is 16.7 Å². The van der Waals surface area contributed by atoms with Crippen LogP contribution in [0.5, 0.6) is 0 Å². The highest BCUT2D eigenvalue weighted by atomic mass is 32.1. The Balaban J connectivity index is 1.85. The Bertz CT molecular complexity index is 1370. The Morgan fingerprint density at radius 1 is 0.886 bits per heavy atom. The number of amides is 1. The highest BCUT2D eigenvalue weighted by Crippen LogP contribution is 2.33. The summed E-state index contributed by atoms with van der Waals surface area (Å²) in [5.41, 5.74) is 4.10. The molecule has 0 saturated carbocycles. The molecule has 0 radical (unpaired) electrons. The third-order valence-electron chi connectivity index (χ3n) is 4.75. The van der Waals surface area contributed by atoms with E-state index in [0.29, 0.717) is 0 Å². The zero-order chi connectivity index (χ0) is 25.4. The fraction of sp³-hybridized carbons (Fsp3) is 0.0909. The maximum absolute atomic E-state index is 13.0. The zero-order valence-electron chi connectivity index (χ0n) is 17.3. The van der Waals surface area contributed by atoms with Gasteiger partial charge in [0, 0.05) is 28.9 Å². The van der Waals surface area contributed by atoms with Gasteiger partial charge in [0.1, 0.15) is 5.01 Å². The van der Waals surface area contributed by atoms with Gasteiger partial charge < -0.3 is 5.73 Å². The van der Waals surface area contributed by atoms with Gasteiger partial charge in [-0.15, -0.1) is 16.4 Å². The van der Waals surface area contributed by atoms with E-state index in [9.17, 15) is 31.1 Å². The molecule has 180 valence electrons. The third-order valence-corrected chi connectivity index (χ3v) is 5.56. The second-order valence-electron chi connectivity index (χ2n) is 7.10. The quantitative estimate of drug-likeness (QED) is 0.281. The molecule has 0 atom stereocenters. The molecule has 0 saturated heterocycles. The zero-order valence-corrected chi connectivity index (χ0v) is 18.1. The number of aromatic nitrogens is 4. The largest absolute Gasteiger partial charge is 0.416 e. The summed E-state index contributed by atoms with van der Waals surface area (Å²) in [5.74, 6) is -0.832. The van der Waals surface area contributed by atoms with Crippen molar-refractivity contribution in [3.8, 4) is 22.8 Å². The topological polar surface area (TPSA) is 86.7 Å². The number of hydrogen-bond acceptors (Lipinski definition) is 5. The van der Waals surface area contributed by atoms with E-state index >= 15 is 0 Å². The highest BCUT2D eigenvalue weighted by molar-refractivity contribution is 7.11. The van der Waals surface area contributed by atoms with Crippen LogP contribution in [0, 0.1) is 0 Å². The maximum Gasteiger partial charge on any atom is 0.416 e. The minimum atomic E-state index is -4.55. The standard InChI is InChI=1S/C22H13F6N5OS/c23-21(24,25)14-5-1-12(2-6-14)18-31-19(13-3-7-15(8-4-13)22(26,27)28)33(32-18)11-16(17(29)34)20-30-9-10-35-20/h1-11H,(H2,29,34)/b16-11-. The van der Waals surface area contributed by atoms with Crippen LogP contribution < -0.4 is 5.73 Å². The van der Waals surface area contributed by atoms with Crippen LogP contribution in [-0.2, 0) is 17.1 Å². The summed E-state index contributed by atoms with van der Waals surface area (Å²) in [6.45, 7) is 0. The van der Waals surface area contributed by atoms with E-state index in [0.717, 1.165) is 40.3 Å². The Hall–Kier alpha value is -4.00. The van der Waals surface area contributed by atoms with Crippen LogP contribution in [0.1, 0.15) is 16.1 Å². The van der Waals surface area contributed by atoms with Crippen LogP contribution in [0.2, 0.25) is 0 Å². The first-order chi connectivity index (χ1) is 16.4. The number of carbonyl (C=O) groups excluding carboxylic acids is 1. The molecule has 13 heteroatoms. The van der Waals surface area contributed by atoms with E-state index in [1.807, 2.05) is 0 Å². The van der Waals surface area contributed by atoms with Gasteiger partial charge in [0.2, 0.25) is 0 Å². The van der Waals surface area contributed by atoms with Crippen LogP contribution in [0.25, 0.3) is 34.5 Å². The van der Waals surface area contributed by atoms with Gasteiger partial charge in [0.25, 0.3) is 5.91 Å². The fourth-order valence-electron chi connectivity index (χ4n) is 3.05. The molecule has 0 unspecified atom stereocenters. The Morgan fingerprint density at radius 2 is 1.43 bits per heavy atom. The number of hydrogen-bond donors (Lipinski definition) is 1. The van der Waals surface area contributed by atoms with Gasteiger partial charge in [0.15, 0.2) is 11.6 Å². The fourth-order valence-corrected chi connectivity index (χ4v) is 3.70. The van der Waals surface area contributed by atoms with E-state index in [1.165, 1.54) is 36.7 Å². The Morgan fingerprint density at radius 3 is 1.89 bits per heavy atom. The summed E-state index contributed by atoms with van der Waals surface area (Å²) in [5, 5.41) is 6.12. The van der Waals surface area contributed by atoms with E-state index < -0.39 is 29.4 Å². The number of benzene rings is 2. The molecule has 2 aromatic heterocycles. The summed E-state index contributed by atoms with van der Waals surface area (Å²) < 4.78 is 78.8. The lowest BCUT2D eigenvalue weighted by atomic mass is 10.1. The minimum Gasteiger partial charge on any atom is -0.365 e. The molecule has 4 aromatic rings. The second-order valence-corrected chi connectivity index (χ2v) is 7.99. The van der Waals surface area contributed by atoms with Crippen molar-refractivity contribution in [2.75, 3.05) is 0 Å². The number of carbonyl (C=O) groups is 1. The normalized spacial score (nSPS) is 12.7. The van der Waals surface area contributed by atoms with E-state index in [2.05, 4.69) is 15.1 Å². The van der Waals surface area contributed by atoms with Crippen molar-refractivity contribution in [3.05, 3.63) is 76.2 Å². The van der Waals surface area contributed by atoms with Crippen LogP contribution in [0.4, 0.5) is 26.3 Å². The average molecular weight is 509 g/mol. The van der Waals surface area contributed by atoms with Gasteiger partial charge in [-0.1, -0.05) is 24.3 Å². The predicted octanol–water partition coefficient (Wildman–Crippen LogP) is 5.59. The summed E-state index contributed by atoms with van der Waals surface area (Å²) in [6.07, 6.45) is -6.43. The lowest BCUT2D eigenvalue weighted by molar-refractivity contribution is -0.138. The van der Waals surface area contributed by atoms with Crippen LogP contribution >= 0.6 is 11.3 Å². The van der Waals surface area contributed by atoms with Gasteiger partial charge in [-0.2, -0.15) is 26.3 Å². The molecule has 0 fully saturated rings. The number of rotatable bonds is 5. The molecule has 2 heterocycles. The minimum absolute atomic E-state index is 0.0205. The second kappa shape index (κ2) is 8.98. The summed E-state index contributed by atoms with van der Waals surface area (Å²) >= 11 is 1.12. The number of thiazole rings is 1. The molecular formula is C22H13F6N5OS. The maximum atomic E-state index is 13.0. The van der Waals surface area contributed by atoms with Crippen molar-refractivity contribution in [2.24, 2.45) is 5.73 Å². The number of nitrogens with zero attached hydrogens (tertiary/aromatic N) is 4. The molecular weight excluding hydrogens is 496 g/mol. The van der Waals surface area contributed by atoms with Crippen molar-refractivity contribution in [2.45, 2.75) is 12.4 Å². The first-order valence-electron chi connectivity index (χ1n) is 9.67. The van der Waals surface area contributed by atoms with Gasteiger partial charge in [-0.25, -0.2) is 14.6 Å². The van der Waals surface area contributed by atoms with Gasteiger partial charge in [-0.05, 0) is 24.3 Å². The molecule has 6 nitrogen and oxygen atoms in total. The molecule has 4 rings (SSSR count). The Kier molecular flexibility index (Phi) is 6.19. The monoisotopic (exact) mass is 509 g/mol. The first-order valence-corrected chi connectivity index (χ1v) is 10.5. The Labute approximate surface area is 197 Å². The molecule has 2 aromatic carbocycles. The summed E-state index contributed by atoms with van der Waals surface area (Å²) in [6, 6.07) is 8.08. The highest BCUT2D eigenvalue weighted by Gasteiger charge is 2.31. The SMILES string of the molecule is NC(=O)/C(=C/n1nc(-c2ccc(C(F)(F)F)cc2)nc1-c1ccc(C(F)(F)F)cc1)c1nccs1. The van der Waals surface area contributed by atoms with Crippen molar-refractivity contribution in [1.29, 1.82) is 0 Å². The van der Waals surface area contributed by atoms with Gasteiger partial charge >= 0.3 is 12.4 Å². The lowest BCUT2D eigenvalue weighted by Gasteiger charge is -2.07. The smallest absolute Gasteiger partial charge is 0.365 e. The molecule has 0 spiro atoms. The van der Waals surface area contributed by atoms with E-state index in [4.69, 9.17) is 5.73 Å². The third kappa shape index (κ3) is 5.24. The number of primary amides is 1. The molecule has 0 bridgehead atoms. The molecule has 1 amide bonds. The molecule has 35 heavy (non-hydrogen) atoms. The molecule has 2 N–H and O–H groups in total. The van der Waals surface area contributed by atoms with E-state index in [-0.39, 0.29) is 33.4 Å². The van der Waals surface area contributed by atoms with Crippen LogP contribution in [0.3, 0.4) is 0 Å². The molecule has 0 aliphatic carbocycles. The lowest BCUT2D eigenvalue weighted by Crippen LogP contribution is -2.14. The van der Waals surface area contributed by atoms with Gasteiger partial charge in [-0.3, -0.25) is 4.79 Å². The van der Waals surface area contributed by atoms with Crippen molar-refractivity contribution in [1.82, 2.24) is 19.7 Å². The number of alkyl halides is 6. The summed E-state index contributed by atoms with van der Waals surface area (Å²) in [7, 11) is 0. The van der Waals surface area contributed by atoms with Crippen molar-refractivity contribution in [3.63, 3.8) is 0 Å². The predicted molar refractivity (Wildman–Crippen MR) is 116 cm³/mol. The first kappa shape index (κ1) is 24.1. The number of halogens is 6. The van der Waals surface area contributed by atoms with Crippen LogP contribution in [0.15, 0.2) is 60.1 Å². The molecule has 0 aliphatic rings. The molecule has 0 aliphatic heterocycles. The average Bonchev–Trinajstić information content (AvgIpc) is 3.46.